The van der Waals surface area contributed by atoms with E-state index >= 15 is 0 Å². The lowest BCUT2D eigenvalue weighted by Gasteiger charge is -2.33. The second-order valence-corrected chi connectivity index (χ2v) is 9.30. The number of nitrogens with one attached hydrogen (secondary N) is 1. The van der Waals surface area contributed by atoms with Crippen LogP contribution in [-0.4, -0.2) is 75.4 Å². The summed E-state index contributed by atoms with van der Waals surface area (Å²) >= 11 is 1.59. The number of nitrogens with zero attached hydrogens (tertiary/aromatic N) is 5. The molecule has 180 valence electrons. The molecule has 3 aromatic heterocycles. The number of aliphatic hydroxyl groups is 2. The second kappa shape index (κ2) is 11.4. The first-order valence-corrected chi connectivity index (χ1v) is 12.3. The predicted molar refractivity (Wildman–Crippen MR) is 133 cm³/mol. The maximum atomic E-state index is 12.7. The van der Waals surface area contributed by atoms with Crippen molar-refractivity contribution in [1.82, 2.24) is 19.9 Å². The number of aromatic nitrogens is 3. The van der Waals surface area contributed by atoms with E-state index in [-0.39, 0.29) is 38.1 Å². The van der Waals surface area contributed by atoms with E-state index in [0.717, 1.165) is 58.8 Å². The molecule has 0 radical (unpaired) electrons. The molecule has 0 unspecified atom stereocenters. The number of carbonyl (C=O) groups is 1. The number of carbonyl (C=O) groups excluding carboxylic acids is 1. The van der Waals surface area contributed by atoms with Gasteiger partial charge in [-0.05, 0) is 49.6 Å². The molecule has 1 fully saturated rings. The Morgan fingerprint density at radius 1 is 1.15 bits per heavy atom. The first-order chi connectivity index (χ1) is 16.6. The van der Waals surface area contributed by atoms with Crippen LogP contribution in [-0.2, 0) is 4.79 Å². The Balaban J connectivity index is 1.38. The lowest BCUT2D eigenvalue weighted by atomic mass is 9.95. The van der Waals surface area contributed by atoms with Crippen molar-refractivity contribution >= 4 is 34.0 Å². The van der Waals surface area contributed by atoms with Crippen molar-refractivity contribution in [3.8, 4) is 10.6 Å². The summed E-state index contributed by atoms with van der Waals surface area (Å²) in [7, 11) is 0. The lowest BCUT2D eigenvalue weighted by Crippen LogP contribution is -2.44. The van der Waals surface area contributed by atoms with Crippen molar-refractivity contribution in [2.45, 2.75) is 19.8 Å². The van der Waals surface area contributed by atoms with Crippen LogP contribution in [0.5, 0.6) is 0 Å². The zero-order valence-corrected chi connectivity index (χ0v) is 20.0. The smallest absolute Gasteiger partial charge is 0.225 e. The monoisotopic (exact) mass is 482 g/mol. The van der Waals surface area contributed by atoms with Crippen molar-refractivity contribution in [3.05, 3.63) is 48.3 Å². The van der Waals surface area contributed by atoms with Gasteiger partial charge in [-0.3, -0.25) is 4.79 Å². The minimum Gasteiger partial charge on any atom is -0.395 e. The molecule has 1 aliphatic heterocycles. The third kappa shape index (κ3) is 5.88. The highest BCUT2D eigenvalue weighted by Crippen LogP contribution is 2.33. The van der Waals surface area contributed by atoms with E-state index in [1.165, 1.54) is 0 Å². The molecular formula is C24H30N6O3S. The Labute approximate surface area is 203 Å². The fourth-order valence-corrected chi connectivity index (χ4v) is 4.99. The molecule has 0 spiro atoms. The molecule has 9 nitrogen and oxygen atoms in total. The fourth-order valence-electron chi connectivity index (χ4n) is 4.06. The third-order valence-electron chi connectivity index (χ3n) is 5.83. The van der Waals surface area contributed by atoms with Gasteiger partial charge < -0.3 is 25.3 Å². The Hall–Kier alpha value is -3.08. The molecule has 1 amide bonds. The van der Waals surface area contributed by atoms with Crippen LogP contribution in [0, 0.1) is 12.8 Å². The predicted octanol–water partition coefficient (Wildman–Crippen LogP) is 2.68. The summed E-state index contributed by atoms with van der Waals surface area (Å²) in [5.74, 6) is 1.40. The first kappa shape index (κ1) is 24.1. The van der Waals surface area contributed by atoms with Crippen LogP contribution >= 0.6 is 11.3 Å². The van der Waals surface area contributed by atoms with Gasteiger partial charge in [0.15, 0.2) is 5.13 Å². The minimum atomic E-state index is -0.0985. The van der Waals surface area contributed by atoms with Crippen LogP contribution in [0.3, 0.4) is 0 Å². The normalized spacial score (nSPS) is 14.3. The van der Waals surface area contributed by atoms with E-state index in [1.54, 1.807) is 22.4 Å². The first-order valence-electron chi connectivity index (χ1n) is 11.5. The third-order valence-corrected chi connectivity index (χ3v) is 6.91. The van der Waals surface area contributed by atoms with E-state index in [9.17, 15) is 15.0 Å². The fraction of sp³-hybridized carbons (Fsp3) is 0.417. The summed E-state index contributed by atoms with van der Waals surface area (Å²) in [5.41, 5.74) is 1.97. The molecule has 34 heavy (non-hydrogen) atoms. The summed E-state index contributed by atoms with van der Waals surface area (Å²) < 4.78 is 0. The minimum absolute atomic E-state index is 0.0131. The number of anilines is 3. The van der Waals surface area contributed by atoms with Crippen LogP contribution in [0.4, 0.5) is 16.8 Å². The van der Waals surface area contributed by atoms with Gasteiger partial charge in [0.1, 0.15) is 11.6 Å². The second-order valence-electron chi connectivity index (χ2n) is 8.29. The molecule has 1 aliphatic rings. The molecule has 0 aromatic carbocycles. The molecule has 1 saturated heterocycles. The summed E-state index contributed by atoms with van der Waals surface area (Å²) in [5, 5.41) is 22.6. The summed E-state index contributed by atoms with van der Waals surface area (Å²) in [6.45, 7) is 3.83. The zero-order valence-electron chi connectivity index (χ0n) is 19.2. The Kier molecular flexibility index (Phi) is 8.04. The largest absolute Gasteiger partial charge is 0.395 e. The maximum Gasteiger partial charge on any atom is 0.225 e. The quantitative estimate of drug-likeness (QED) is 0.427. The van der Waals surface area contributed by atoms with Gasteiger partial charge in [-0.25, -0.2) is 15.0 Å². The van der Waals surface area contributed by atoms with Crippen LogP contribution in [0.2, 0.25) is 0 Å². The van der Waals surface area contributed by atoms with Gasteiger partial charge in [0, 0.05) is 44.5 Å². The highest BCUT2D eigenvalue weighted by Gasteiger charge is 2.29. The highest BCUT2D eigenvalue weighted by molar-refractivity contribution is 7.18. The molecule has 0 bridgehead atoms. The molecule has 3 aromatic rings. The molecule has 4 heterocycles. The Bertz CT molecular complexity index is 1090. The van der Waals surface area contributed by atoms with Gasteiger partial charge in [0.25, 0.3) is 0 Å². The van der Waals surface area contributed by atoms with Crippen LogP contribution in [0.25, 0.3) is 10.6 Å². The summed E-state index contributed by atoms with van der Waals surface area (Å²) in [6.07, 6.45) is 5.06. The van der Waals surface area contributed by atoms with E-state index in [0.29, 0.717) is 0 Å². The summed E-state index contributed by atoms with van der Waals surface area (Å²) in [4.78, 5) is 31.2. The average molecular weight is 483 g/mol. The van der Waals surface area contributed by atoms with Gasteiger partial charge >= 0.3 is 0 Å². The molecule has 3 N–H and O–H groups in total. The van der Waals surface area contributed by atoms with Crippen molar-refractivity contribution in [3.63, 3.8) is 0 Å². The molecular weight excluding hydrogens is 452 g/mol. The van der Waals surface area contributed by atoms with Gasteiger partial charge in [0.2, 0.25) is 5.91 Å². The SMILES string of the molecule is Cc1ccnc(Nc2cccc(-c3cnc(N4CCC(C(=O)N(CCO)CCO)CC4)s3)n2)c1. The van der Waals surface area contributed by atoms with Crippen molar-refractivity contribution in [1.29, 1.82) is 0 Å². The topological polar surface area (TPSA) is 115 Å². The molecule has 0 saturated carbocycles. The highest BCUT2D eigenvalue weighted by atomic mass is 32.1. The van der Waals surface area contributed by atoms with Gasteiger partial charge in [0.05, 0.1) is 23.8 Å². The number of rotatable bonds is 9. The van der Waals surface area contributed by atoms with E-state index in [1.807, 2.05) is 43.5 Å². The van der Waals surface area contributed by atoms with Gasteiger partial charge in [-0.2, -0.15) is 0 Å². The lowest BCUT2D eigenvalue weighted by molar-refractivity contribution is -0.137. The molecule has 10 heteroatoms. The molecule has 0 atom stereocenters. The number of pyridine rings is 2. The number of thiazole rings is 1. The van der Waals surface area contributed by atoms with Crippen molar-refractivity contribution in [2.75, 3.05) is 49.6 Å². The van der Waals surface area contributed by atoms with E-state index in [2.05, 4.69) is 20.2 Å². The Morgan fingerprint density at radius 3 is 2.62 bits per heavy atom. The van der Waals surface area contributed by atoms with Crippen molar-refractivity contribution < 1.29 is 15.0 Å². The van der Waals surface area contributed by atoms with Crippen LogP contribution in [0.15, 0.2) is 42.7 Å². The summed E-state index contributed by atoms with van der Waals surface area (Å²) in [6, 6.07) is 9.76. The number of piperidine rings is 1. The van der Waals surface area contributed by atoms with E-state index in [4.69, 9.17) is 4.98 Å². The average Bonchev–Trinajstić information content (AvgIpc) is 3.34. The molecule has 0 aliphatic carbocycles. The number of hydrogen-bond acceptors (Lipinski definition) is 9. The zero-order chi connectivity index (χ0) is 23.9. The number of hydrogen-bond donors (Lipinski definition) is 3. The van der Waals surface area contributed by atoms with Crippen LogP contribution < -0.4 is 10.2 Å². The number of amides is 1. The maximum absolute atomic E-state index is 12.7. The number of aryl methyl sites for hydroxylation is 1. The van der Waals surface area contributed by atoms with Crippen molar-refractivity contribution in [2.24, 2.45) is 5.92 Å². The Morgan fingerprint density at radius 2 is 1.91 bits per heavy atom. The number of aliphatic hydroxyl groups excluding tert-OH is 2. The van der Waals surface area contributed by atoms with E-state index < -0.39 is 0 Å². The molecule has 4 rings (SSSR count). The van der Waals surface area contributed by atoms with Gasteiger partial charge in [-0.15, -0.1) is 0 Å². The standard InChI is InChI=1S/C24H30N6O3S/c1-17-5-8-25-22(15-17)28-21-4-2-3-19(27-21)20-16-26-24(34-20)30-9-6-18(7-10-30)23(33)29(11-13-31)12-14-32/h2-5,8,15-16,18,31-32H,6-7,9-14H2,1H3,(H,25,27,28). The van der Waals surface area contributed by atoms with Crippen LogP contribution in [0.1, 0.15) is 18.4 Å². The van der Waals surface area contributed by atoms with Gasteiger partial charge in [-0.1, -0.05) is 17.4 Å².